The first kappa shape index (κ1) is 14.9. The van der Waals surface area contributed by atoms with E-state index in [1.54, 1.807) is 0 Å². The highest BCUT2D eigenvalue weighted by molar-refractivity contribution is 5.00. The van der Waals surface area contributed by atoms with Crippen molar-refractivity contribution >= 4 is 0 Å². The first-order valence-corrected chi connectivity index (χ1v) is 7.10. The Labute approximate surface area is 107 Å². The third-order valence-electron chi connectivity index (χ3n) is 4.56. The molecule has 102 valence electrons. The van der Waals surface area contributed by atoms with Crippen molar-refractivity contribution < 1.29 is 0 Å². The average molecular weight is 241 g/mol. The molecule has 0 aromatic carbocycles. The zero-order chi connectivity index (χ0) is 13.1. The third kappa shape index (κ3) is 3.43. The minimum absolute atomic E-state index is 0.216. The number of likely N-dealkylation sites (tertiary alicyclic amines) is 1. The van der Waals surface area contributed by atoms with Gasteiger partial charge in [0.05, 0.1) is 0 Å². The van der Waals surface area contributed by atoms with Crippen LogP contribution in [0.2, 0.25) is 0 Å². The molecule has 0 spiro atoms. The number of hydrogen-bond acceptors (Lipinski definition) is 3. The molecular weight excluding hydrogens is 210 g/mol. The van der Waals surface area contributed by atoms with E-state index < -0.39 is 0 Å². The van der Waals surface area contributed by atoms with Crippen molar-refractivity contribution in [1.29, 1.82) is 0 Å². The van der Waals surface area contributed by atoms with Crippen LogP contribution in [-0.2, 0) is 0 Å². The molecule has 0 radical (unpaired) electrons. The van der Waals surface area contributed by atoms with E-state index in [4.69, 9.17) is 5.73 Å². The number of nitrogens with two attached hydrogens (primary N) is 1. The lowest BCUT2D eigenvalue weighted by atomic mass is 9.95. The Morgan fingerprint density at radius 1 is 1.35 bits per heavy atom. The molecule has 1 aliphatic heterocycles. The SMILES string of the molecule is CCC(C)CN(C)C1(CN)CCN(C(C)C)C1. The Morgan fingerprint density at radius 2 is 2.00 bits per heavy atom. The molecule has 0 bridgehead atoms. The molecule has 1 heterocycles. The van der Waals surface area contributed by atoms with E-state index >= 15 is 0 Å². The smallest absolute Gasteiger partial charge is 0.0467 e. The van der Waals surface area contributed by atoms with E-state index in [2.05, 4.69) is 44.5 Å². The second-order valence-electron chi connectivity index (χ2n) is 6.14. The minimum Gasteiger partial charge on any atom is -0.329 e. The summed E-state index contributed by atoms with van der Waals surface area (Å²) in [4.78, 5) is 5.07. The first-order valence-electron chi connectivity index (χ1n) is 7.10. The number of nitrogens with zero attached hydrogens (tertiary/aromatic N) is 2. The van der Waals surface area contributed by atoms with Gasteiger partial charge in [-0.3, -0.25) is 9.80 Å². The van der Waals surface area contributed by atoms with Crippen molar-refractivity contribution in [2.45, 2.75) is 52.1 Å². The van der Waals surface area contributed by atoms with Gasteiger partial charge in [0.1, 0.15) is 0 Å². The molecule has 1 saturated heterocycles. The van der Waals surface area contributed by atoms with Gasteiger partial charge in [0, 0.05) is 37.8 Å². The molecule has 2 N–H and O–H groups in total. The van der Waals surface area contributed by atoms with Crippen LogP contribution in [0.15, 0.2) is 0 Å². The molecule has 0 amide bonds. The summed E-state index contributed by atoms with van der Waals surface area (Å²) < 4.78 is 0. The summed E-state index contributed by atoms with van der Waals surface area (Å²) in [6.45, 7) is 13.4. The fourth-order valence-electron chi connectivity index (χ4n) is 2.75. The highest BCUT2D eigenvalue weighted by atomic mass is 15.3. The number of rotatable bonds is 6. The average Bonchev–Trinajstić information content (AvgIpc) is 2.74. The predicted molar refractivity (Wildman–Crippen MR) is 75.2 cm³/mol. The van der Waals surface area contributed by atoms with E-state index in [-0.39, 0.29) is 5.54 Å². The van der Waals surface area contributed by atoms with Crippen LogP contribution in [0.3, 0.4) is 0 Å². The van der Waals surface area contributed by atoms with E-state index in [1.807, 2.05) is 0 Å². The third-order valence-corrected chi connectivity index (χ3v) is 4.56. The highest BCUT2D eigenvalue weighted by Crippen LogP contribution is 2.28. The Hall–Kier alpha value is -0.120. The molecule has 17 heavy (non-hydrogen) atoms. The zero-order valence-corrected chi connectivity index (χ0v) is 12.4. The van der Waals surface area contributed by atoms with Gasteiger partial charge in [0.2, 0.25) is 0 Å². The quantitative estimate of drug-likeness (QED) is 0.769. The van der Waals surface area contributed by atoms with Crippen molar-refractivity contribution in [3.63, 3.8) is 0 Å². The lowest BCUT2D eigenvalue weighted by Gasteiger charge is -2.39. The molecule has 0 saturated carbocycles. The van der Waals surface area contributed by atoms with Crippen LogP contribution < -0.4 is 5.73 Å². The van der Waals surface area contributed by atoms with Gasteiger partial charge in [0.15, 0.2) is 0 Å². The molecule has 1 rings (SSSR count). The van der Waals surface area contributed by atoms with Gasteiger partial charge in [-0.15, -0.1) is 0 Å². The van der Waals surface area contributed by atoms with Gasteiger partial charge in [-0.25, -0.2) is 0 Å². The van der Waals surface area contributed by atoms with Crippen LogP contribution in [0, 0.1) is 5.92 Å². The summed E-state index contributed by atoms with van der Waals surface area (Å²) in [7, 11) is 2.25. The van der Waals surface area contributed by atoms with Gasteiger partial charge in [-0.1, -0.05) is 20.3 Å². The summed E-state index contributed by atoms with van der Waals surface area (Å²) in [6.07, 6.45) is 2.47. The minimum atomic E-state index is 0.216. The van der Waals surface area contributed by atoms with E-state index in [0.29, 0.717) is 6.04 Å². The molecule has 0 aromatic rings. The Balaban J connectivity index is 2.63. The van der Waals surface area contributed by atoms with Gasteiger partial charge in [0.25, 0.3) is 0 Å². The van der Waals surface area contributed by atoms with Gasteiger partial charge in [-0.2, -0.15) is 0 Å². The molecule has 3 heteroatoms. The summed E-state index contributed by atoms with van der Waals surface area (Å²) in [5.74, 6) is 0.761. The summed E-state index contributed by atoms with van der Waals surface area (Å²) in [5, 5.41) is 0. The van der Waals surface area contributed by atoms with Crippen molar-refractivity contribution in [3.8, 4) is 0 Å². The van der Waals surface area contributed by atoms with E-state index in [1.165, 1.54) is 25.9 Å². The highest BCUT2D eigenvalue weighted by Gasteiger charge is 2.41. The standard InChI is InChI=1S/C14H31N3/c1-6-13(4)9-16(5)14(10-15)7-8-17(11-14)12(2)3/h12-13H,6-11,15H2,1-5H3. The molecule has 2 unspecified atom stereocenters. The normalized spacial score (nSPS) is 28.2. The lowest BCUT2D eigenvalue weighted by molar-refractivity contribution is 0.107. The molecule has 1 fully saturated rings. The summed E-state index contributed by atoms with van der Waals surface area (Å²) in [6, 6.07) is 0.639. The molecule has 0 aromatic heterocycles. The first-order chi connectivity index (χ1) is 7.95. The summed E-state index contributed by atoms with van der Waals surface area (Å²) in [5.41, 5.74) is 6.30. The van der Waals surface area contributed by atoms with E-state index in [9.17, 15) is 0 Å². The van der Waals surface area contributed by atoms with Crippen LogP contribution in [0.1, 0.15) is 40.5 Å². The molecular formula is C14H31N3. The van der Waals surface area contributed by atoms with Crippen LogP contribution in [0.5, 0.6) is 0 Å². The fourth-order valence-corrected chi connectivity index (χ4v) is 2.75. The van der Waals surface area contributed by atoms with Gasteiger partial charge < -0.3 is 5.73 Å². The Morgan fingerprint density at radius 3 is 2.41 bits per heavy atom. The Bertz CT molecular complexity index is 230. The molecule has 2 atom stereocenters. The maximum Gasteiger partial charge on any atom is 0.0467 e. The molecule has 1 aliphatic rings. The number of hydrogen-bond donors (Lipinski definition) is 1. The lowest BCUT2D eigenvalue weighted by Crippen LogP contribution is -2.55. The maximum atomic E-state index is 6.08. The van der Waals surface area contributed by atoms with Gasteiger partial charge in [-0.05, 0) is 33.2 Å². The van der Waals surface area contributed by atoms with E-state index in [0.717, 1.165) is 19.0 Å². The zero-order valence-electron chi connectivity index (χ0n) is 12.4. The van der Waals surface area contributed by atoms with Crippen LogP contribution in [-0.4, -0.2) is 54.6 Å². The topological polar surface area (TPSA) is 32.5 Å². The van der Waals surface area contributed by atoms with Crippen molar-refractivity contribution in [1.82, 2.24) is 9.80 Å². The predicted octanol–water partition coefficient (Wildman–Crippen LogP) is 1.78. The molecule has 0 aliphatic carbocycles. The second kappa shape index (κ2) is 6.17. The van der Waals surface area contributed by atoms with Crippen LogP contribution in [0.4, 0.5) is 0 Å². The largest absolute Gasteiger partial charge is 0.329 e. The molecule has 3 nitrogen and oxygen atoms in total. The monoisotopic (exact) mass is 241 g/mol. The van der Waals surface area contributed by atoms with Gasteiger partial charge >= 0.3 is 0 Å². The fraction of sp³-hybridized carbons (Fsp3) is 1.00. The van der Waals surface area contributed by atoms with Crippen molar-refractivity contribution in [2.75, 3.05) is 33.2 Å². The van der Waals surface area contributed by atoms with Crippen LogP contribution >= 0.6 is 0 Å². The maximum absolute atomic E-state index is 6.08. The number of likely N-dealkylation sites (N-methyl/N-ethyl adjacent to an activating group) is 1. The van der Waals surface area contributed by atoms with Crippen molar-refractivity contribution in [2.24, 2.45) is 11.7 Å². The second-order valence-corrected chi connectivity index (χ2v) is 6.14. The Kier molecular flexibility index (Phi) is 5.42. The summed E-state index contributed by atoms with van der Waals surface area (Å²) >= 11 is 0. The van der Waals surface area contributed by atoms with Crippen LogP contribution in [0.25, 0.3) is 0 Å². The van der Waals surface area contributed by atoms with Crippen molar-refractivity contribution in [3.05, 3.63) is 0 Å².